The molecular weight excluding hydrogens is 304 g/mol. The number of carboxylic acid groups (broad SMARTS) is 1. The van der Waals surface area contributed by atoms with Crippen molar-refractivity contribution >= 4 is 24.7 Å². The lowest BCUT2D eigenvalue weighted by Gasteiger charge is -2.17. The molecule has 0 aliphatic heterocycles. The Morgan fingerprint density at radius 1 is 0.957 bits per heavy atom. The Morgan fingerprint density at radius 3 is 1.96 bits per heavy atom. The maximum Gasteiger partial charge on any atom is 0.326 e. The normalized spacial score (nSPS) is 12.7. The summed E-state index contributed by atoms with van der Waals surface area (Å²) >= 11 is 0. The van der Waals surface area contributed by atoms with Crippen molar-refractivity contribution in [2.75, 3.05) is 13.1 Å². The largest absolute Gasteiger partial charge is 0.480 e. The molecule has 0 heterocycles. The van der Waals surface area contributed by atoms with Crippen LogP contribution in [0.1, 0.15) is 38.5 Å². The van der Waals surface area contributed by atoms with E-state index in [1.165, 1.54) is 0 Å². The minimum atomic E-state index is -1.11. The number of aliphatic carboxylic acids is 1. The SMILES string of the molecule is NC(CCCCNC=O)C(=O)NC(CCCCNC=O)C(=O)O. The van der Waals surface area contributed by atoms with Gasteiger partial charge in [0.2, 0.25) is 18.7 Å². The molecule has 0 aromatic carbocycles. The number of carboxylic acids is 1. The van der Waals surface area contributed by atoms with Crippen molar-refractivity contribution in [2.45, 2.75) is 50.6 Å². The summed E-state index contributed by atoms with van der Waals surface area (Å²) in [6, 6.07) is -1.76. The van der Waals surface area contributed by atoms with Crippen LogP contribution in [0.25, 0.3) is 0 Å². The maximum absolute atomic E-state index is 11.9. The molecule has 0 spiro atoms. The van der Waals surface area contributed by atoms with E-state index in [1.807, 2.05) is 0 Å². The number of nitrogens with two attached hydrogens (primary N) is 1. The summed E-state index contributed by atoms with van der Waals surface area (Å²) in [5, 5.41) is 16.5. The van der Waals surface area contributed by atoms with Gasteiger partial charge >= 0.3 is 5.97 Å². The van der Waals surface area contributed by atoms with Gasteiger partial charge in [0.1, 0.15) is 6.04 Å². The third-order valence-electron chi connectivity index (χ3n) is 3.27. The Labute approximate surface area is 135 Å². The first-order valence-electron chi connectivity index (χ1n) is 7.65. The van der Waals surface area contributed by atoms with Crippen LogP contribution in [0.2, 0.25) is 0 Å². The number of unbranched alkanes of at least 4 members (excludes halogenated alkanes) is 2. The molecule has 9 nitrogen and oxygen atoms in total. The lowest BCUT2D eigenvalue weighted by Crippen LogP contribution is -2.48. The minimum absolute atomic E-state index is 0.275. The van der Waals surface area contributed by atoms with Crippen molar-refractivity contribution in [3.63, 3.8) is 0 Å². The van der Waals surface area contributed by atoms with E-state index in [1.54, 1.807) is 0 Å². The predicted octanol–water partition coefficient (Wildman–Crippen LogP) is -1.28. The van der Waals surface area contributed by atoms with Gasteiger partial charge in [0, 0.05) is 13.1 Å². The highest BCUT2D eigenvalue weighted by atomic mass is 16.4. The van der Waals surface area contributed by atoms with E-state index in [-0.39, 0.29) is 6.42 Å². The Morgan fingerprint density at radius 2 is 1.48 bits per heavy atom. The zero-order valence-corrected chi connectivity index (χ0v) is 13.1. The van der Waals surface area contributed by atoms with Gasteiger partial charge in [-0.2, -0.15) is 0 Å². The van der Waals surface area contributed by atoms with E-state index in [0.29, 0.717) is 58.0 Å². The molecule has 2 atom stereocenters. The van der Waals surface area contributed by atoms with E-state index < -0.39 is 24.0 Å². The van der Waals surface area contributed by atoms with Gasteiger partial charge < -0.3 is 26.8 Å². The highest BCUT2D eigenvalue weighted by Gasteiger charge is 2.22. The summed E-state index contributed by atoms with van der Waals surface area (Å²) in [5.74, 6) is -1.60. The fourth-order valence-electron chi connectivity index (χ4n) is 1.95. The Bertz CT molecular complexity index is 378. The quantitative estimate of drug-likeness (QED) is 0.186. The number of nitrogens with one attached hydrogen (secondary N) is 3. The van der Waals surface area contributed by atoms with Crippen LogP contribution in [0.5, 0.6) is 0 Å². The molecule has 132 valence electrons. The lowest BCUT2D eigenvalue weighted by atomic mass is 10.1. The van der Waals surface area contributed by atoms with Gasteiger partial charge in [-0.15, -0.1) is 0 Å². The average Bonchev–Trinajstić information content (AvgIpc) is 2.52. The van der Waals surface area contributed by atoms with Crippen molar-refractivity contribution in [1.82, 2.24) is 16.0 Å². The van der Waals surface area contributed by atoms with Gasteiger partial charge in [-0.05, 0) is 38.5 Å². The van der Waals surface area contributed by atoms with Crippen LogP contribution in [-0.2, 0) is 19.2 Å². The fourth-order valence-corrected chi connectivity index (χ4v) is 1.95. The first-order valence-corrected chi connectivity index (χ1v) is 7.65. The Hall–Kier alpha value is -2.16. The van der Waals surface area contributed by atoms with Gasteiger partial charge in [-0.3, -0.25) is 14.4 Å². The number of rotatable bonds is 15. The summed E-state index contributed by atoms with van der Waals surface area (Å²) in [4.78, 5) is 43.2. The molecule has 23 heavy (non-hydrogen) atoms. The number of hydrogen-bond acceptors (Lipinski definition) is 5. The van der Waals surface area contributed by atoms with Gasteiger partial charge in [0.25, 0.3) is 0 Å². The fraction of sp³-hybridized carbons (Fsp3) is 0.714. The zero-order valence-electron chi connectivity index (χ0n) is 13.1. The Balaban J connectivity index is 4.04. The zero-order chi connectivity index (χ0) is 17.5. The smallest absolute Gasteiger partial charge is 0.326 e. The van der Waals surface area contributed by atoms with E-state index in [2.05, 4.69) is 16.0 Å². The highest BCUT2D eigenvalue weighted by Crippen LogP contribution is 2.03. The van der Waals surface area contributed by atoms with Gasteiger partial charge in [-0.25, -0.2) is 4.79 Å². The third kappa shape index (κ3) is 11.1. The Kier molecular flexibility index (Phi) is 12.2. The standard InChI is InChI=1S/C14H26N4O5/c15-11(5-1-3-7-16-9-19)13(21)18-12(14(22)23)6-2-4-8-17-10-20/h9-12H,1-8,15H2,(H,16,19)(H,17,20)(H,18,21)(H,22,23). The van der Waals surface area contributed by atoms with Crippen molar-refractivity contribution in [1.29, 1.82) is 0 Å². The topological polar surface area (TPSA) is 151 Å². The molecule has 0 bridgehead atoms. The van der Waals surface area contributed by atoms with Crippen LogP contribution in [0.3, 0.4) is 0 Å². The van der Waals surface area contributed by atoms with Crippen LogP contribution in [0, 0.1) is 0 Å². The van der Waals surface area contributed by atoms with Crippen molar-refractivity contribution in [2.24, 2.45) is 5.73 Å². The summed E-state index contributed by atoms with van der Waals surface area (Å²) in [6.45, 7) is 0.989. The summed E-state index contributed by atoms with van der Waals surface area (Å²) in [5.41, 5.74) is 5.73. The predicted molar refractivity (Wildman–Crippen MR) is 83.4 cm³/mol. The maximum atomic E-state index is 11.9. The van der Waals surface area contributed by atoms with Crippen LogP contribution < -0.4 is 21.7 Å². The molecule has 0 aliphatic carbocycles. The van der Waals surface area contributed by atoms with Crippen LogP contribution in [0.4, 0.5) is 0 Å². The summed E-state index contributed by atoms with van der Waals surface area (Å²) in [7, 11) is 0. The van der Waals surface area contributed by atoms with Crippen LogP contribution >= 0.6 is 0 Å². The first kappa shape index (κ1) is 20.8. The lowest BCUT2D eigenvalue weighted by molar-refractivity contribution is -0.142. The molecule has 0 aliphatic rings. The van der Waals surface area contributed by atoms with Gasteiger partial charge in [0.05, 0.1) is 6.04 Å². The van der Waals surface area contributed by atoms with Crippen molar-refractivity contribution in [3.8, 4) is 0 Å². The second kappa shape index (κ2) is 13.5. The molecule has 2 unspecified atom stereocenters. The van der Waals surface area contributed by atoms with Crippen LogP contribution in [0.15, 0.2) is 0 Å². The molecule has 0 aromatic rings. The number of amides is 3. The van der Waals surface area contributed by atoms with E-state index >= 15 is 0 Å². The molecule has 0 saturated heterocycles. The second-order valence-electron chi connectivity index (χ2n) is 5.14. The van der Waals surface area contributed by atoms with Crippen LogP contribution in [-0.4, -0.2) is 55.0 Å². The highest BCUT2D eigenvalue weighted by molar-refractivity contribution is 5.86. The monoisotopic (exact) mass is 330 g/mol. The second-order valence-corrected chi connectivity index (χ2v) is 5.14. The molecule has 0 rings (SSSR count). The van der Waals surface area contributed by atoms with Gasteiger partial charge in [0.15, 0.2) is 0 Å². The molecule has 0 saturated carbocycles. The molecule has 9 heteroatoms. The van der Waals surface area contributed by atoms with Crippen molar-refractivity contribution < 1.29 is 24.3 Å². The summed E-state index contributed by atoms with van der Waals surface area (Å²) in [6.07, 6.45) is 4.43. The van der Waals surface area contributed by atoms with E-state index in [9.17, 15) is 19.2 Å². The van der Waals surface area contributed by atoms with Crippen molar-refractivity contribution in [3.05, 3.63) is 0 Å². The van der Waals surface area contributed by atoms with E-state index in [0.717, 1.165) is 0 Å². The average molecular weight is 330 g/mol. The van der Waals surface area contributed by atoms with Gasteiger partial charge in [-0.1, -0.05) is 0 Å². The van der Waals surface area contributed by atoms with E-state index in [4.69, 9.17) is 10.8 Å². The number of carbonyl (C=O) groups excluding carboxylic acids is 3. The molecule has 3 amide bonds. The number of hydrogen-bond donors (Lipinski definition) is 5. The number of carbonyl (C=O) groups is 4. The molecule has 0 aromatic heterocycles. The minimum Gasteiger partial charge on any atom is -0.480 e. The molecule has 6 N–H and O–H groups in total. The molecule has 0 radical (unpaired) electrons. The third-order valence-corrected chi connectivity index (χ3v) is 3.27. The first-order chi connectivity index (χ1) is 11.0. The molecular formula is C14H26N4O5. The summed E-state index contributed by atoms with van der Waals surface area (Å²) < 4.78 is 0. The molecule has 0 fully saturated rings.